The number of aromatic nitrogens is 3. The third-order valence-corrected chi connectivity index (χ3v) is 5.39. The highest BCUT2D eigenvalue weighted by Gasteiger charge is 2.47. The molecule has 1 aliphatic rings. The molecular weight excluding hydrogens is 390 g/mol. The highest BCUT2D eigenvalue weighted by atomic mass is 19.3. The summed E-state index contributed by atoms with van der Waals surface area (Å²) in [5, 5.41) is 1.55. The Balaban J connectivity index is 1.40. The normalized spacial score (nSPS) is 18.6. The number of amides is 1. The van der Waals surface area contributed by atoms with Gasteiger partial charge < -0.3 is 14.6 Å². The van der Waals surface area contributed by atoms with Gasteiger partial charge in [0.05, 0.1) is 17.6 Å². The maximum Gasteiger partial charge on any atom is 0.287 e. The average molecular weight is 408 g/mol. The van der Waals surface area contributed by atoms with Gasteiger partial charge in [-0.25, -0.2) is 18.7 Å². The third-order valence-electron chi connectivity index (χ3n) is 5.39. The summed E-state index contributed by atoms with van der Waals surface area (Å²) in [6.07, 6.45) is 1.26. The van der Waals surface area contributed by atoms with Gasteiger partial charge in [0.25, 0.3) is 11.8 Å². The molecule has 1 atom stereocenters. The Bertz CT molecular complexity index is 1240. The van der Waals surface area contributed by atoms with E-state index in [0.29, 0.717) is 22.1 Å². The molecule has 0 spiro atoms. The van der Waals surface area contributed by atoms with Crippen LogP contribution in [0.25, 0.3) is 21.9 Å². The fraction of sp³-hybridized carbons (Fsp3) is 0.227. The Morgan fingerprint density at radius 3 is 2.93 bits per heavy atom. The lowest BCUT2D eigenvalue weighted by molar-refractivity contribution is -0.131. The predicted molar refractivity (Wildman–Crippen MR) is 108 cm³/mol. The molecule has 1 fully saturated rings. The maximum atomic E-state index is 14.6. The zero-order valence-corrected chi connectivity index (χ0v) is 15.9. The van der Waals surface area contributed by atoms with Gasteiger partial charge in [-0.05, 0) is 24.3 Å². The van der Waals surface area contributed by atoms with Crippen molar-refractivity contribution in [1.29, 1.82) is 0 Å². The van der Waals surface area contributed by atoms with Crippen LogP contribution in [0.2, 0.25) is 0 Å². The van der Waals surface area contributed by atoms with Gasteiger partial charge in [0.15, 0.2) is 6.10 Å². The first-order chi connectivity index (χ1) is 14.5. The molecule has 0 bridgehead atoms. The predicted octanol–water partition coefficient (Wildman–Crippen LogP) is 4.04. The van der Waals surface area contributed by atoms with Gasteiger partial charge in [-0.3, -0.25) is 4.79 Å². The number of hydrogen-bond acceptors (Lipinski definition) is 4. The standard InChI is InChI=1S/C22H18F2N4O2/c23-22(24)9-12-28(21(29)16-8-11-26-20-15(16)7-10-25-20)13-18(22)30-19-6-5-14-3-1-2-4-17(14)27-19/h1-8,10-11,18H,9,12-13H2,(H,25,26). The first-order valence-electron chi connectivity index (χ1n) is 9.63. The van der Waals surface area contributed by atoms with Crippen LogP contribution in [0.1, 0.15) is 16.8 Å². The molecule has 30 heavy (non-hydrogen) atoms. The number of halogens is 2. The molecule has 6 nitrogen and oxygen atoms in total. The third kappa shape index (κ3) is 3.24. The van der Waals surface area contributed by atoms with Crippen molar-refractivity contribution in [3.05, 3.63) is 66.5 Å². The van der Waals surface area contributed by atoms with Crippen molar-refractivity contribution in [3.8, 4) is 5.88 Å². The van der Waals surface area contributed by atoms with Crippen LogP contribution in [0.4, 0.5) is 8.78 Å². The van der Waals surface area contributed by atoms with Crippen molar-refractivity contribution in [1.82, 2.24) is 19.9 Å². The summed E-state index contributed by atoms with van der Waals surface area (Å²) in [4.78, 5) is 25.9. The summed E-state index contributed by atoms with van der Waals surface area (Å²) < 4.78 is 34.8. The van der Waals surface area contributed by atoms with Crippen LogP contribution in [-0.4, -0.2) is 50.9 Å². The molecule has 1 saturated heterocycles. The molecule has 1 aromatic carbocycles. The quantitative estimate of drug-likeness (QED) is 0.555. The number of benzene rings is 1. The van der Waals surface area contributed by atoms with E-state index in [1.54, 1.807) is 36.5 Å². The highest BCUT2D eigenvalue weighted by molar-refractivity contribution is 6.05. The number of H-pyrrole nitrogens is 1. The van der Waals surface area contributed by atoms with Crippen molar-refractivity contribution in [2.75, 3.05) is 13.1 Å². The Kier molecular flexibility index (Phi) is 4.34. The molecule has 5 rings (SSSR count). The number of likely N-dealkylation sites (tertiary alicyclic amines) is 1. The second-order valence-electron chi connectivity index (χ2n) is 7.31. The Morgan fingerprint density at radius 1 is 1.17 bits per heavy atom. The highest BCUT2D eigenvalue weighted by Crippen LogP contribution is 2.33. The van der Waals surface area contributed by atoms with Crippen LogP contribution in [0, 0.1) is 0 Å². The van der Waals surface area contributed by atoms with E-state index in [0.717, 1.165) is 5.39 Å². The monoisotopic (exact) mass is 408 g/mol. The zero-order valence-electron chi connectivity index (χ0n) is 15.9. The number of nitrogens with one attached hydrogen (secondary N) is 1. The molecule has 0 radical (unpaired) electrons. The minimum atomic E-state index is -3.06. The number of para-hydroxylation sites is 1. The van der Waals surface area contributed by atoms with Gasteiger partial charge in [0.1, 0.15) is 5.65 Å². The minimum Gasteiger partial charge on any atom is -0.466 e. The van der Waals surface area contributed by atoms with Crippen molar-refractivity contribution in [2.24, 2.45) is 0 Å². The van der Waals surface area contributed by atoms with E-state index in [1.807, 2.05) is 18.2 Å². The van der Waals surface area contributed by atoms with Crippen LogP contribution in [0.15, 0.2) is 60.9 Å². The largest absolute Gasteiger partial charge is 0.466 e. The Hall–Kier alpha value is -3.55. The van der Waals surface area contributed by atoms with E-state index in [2.05, 4.69) is 15.0 Å². The van der Waals surface area contributed by atoms with Crippen molar-refractivity contribution in [2.45, 2.75) is 18.4 Å². The van der Waals surface area contributed by atoms with E-state index in [9.17, 15) is 13.6 Å². The first kappa shape index (κ1) is 18.5. The number of hydrogen-bond donors (Lipinski definition) is 1. The van der Waals surface area contributed by atoms with Gasteiger partial charge in [0.2, 0.25) is 5.88 Å². The molecule has 1 unspecified atom stereocenters. The van der Waals surface area contributed by atoms with Crippen LogP contribution in [0.5, 0.6) is 5.88 Å². The lowest BCUT2D eigenvalue weighted by Crippen LogP contribution is -2.55. The molecule has 1 amide bonds. The smallest absolute Gasteiger partial charge is 0.287 e. The van der Waals surface area contributed by atoms with Crippen molar-refractivity contribution >= 4 is 27.8 Å². The number of aromatic amines is 1. The van der Waals surface area contributed by atoms with Crippen LogP contribution in [-0.2, 0) is 0 Å². The summed E-state index contributed by atoms with van der Waals surface area (Å²) in [5.41, 5.74) is 1.67. The van der Waals surface area contributed by atoms with Gasteiger partial charge >= 0.3 is 0 Å². The lowest BCUT2D eigenvalue weighted by atomic mass is 10.0. The molecule has 4 heterocycles. The molecular formula is C22H18F2N4O2. The topological polar surface area (TPSA) is 71.1 Å². The summed E-state index contributed by atoms with van der Waals surface area (Å²) in [5.74, 6) is -3.27. The molecule has 3 aromatic heterocycles. The first-order valence-corrected chi connectivity index (χ1v) is 9.63. The number of piperidine rings is 1. The van der Waals surface area contributed by atoms with E-state index >= 15 is 0 Å². The van der Waals surface area contributed by atoms with E-state index in [1.165, 1.54) is 11.1 Å². The van der Waals surface area contributed by atoms with Gasteiger partial charge in [-0.15, -0.1) is 0 Å². The molecule has 4 aromatic rings. The van der Waals surface area contributed by atoms with E-state index in [4.69, 9.17) is 4.74 Å². The van der Waals surface area contributed by atoms with Gasteiger partial charge in [0, 0.05) is 42.2 Å². The molecule has 8 heteroatoms. The second-order valence-corrected chi connectivity index (χ2v) is 7.31. The zero-order chi connectivity index (χ0) is 20.7. The van der Waals surface area contributed by atoms with Crippen LogP contribution < -0.4 is 4.74 Å². The van der Waals surface area contributed by atoms with E-state index < -0.39 is 18.4 Å². The fourth-order valence-corrected chi connectivity index (χ4v) is 3.75. The van der Waals surface area contributed by atoms with Crippen molar-refractivity contribution in [3.63, 3.8) is 0 Å². The van der Waals surface area contributed by atoms with Crippen LogP contribution in [0.3, 0.4) is 0 Å². The summed E-state index contributed by atoms with van der Waals surface area (Å²) in [7, 11) is 0. The number of carbonyl (C=O) groups is 1. The SMILES string of the molecule is O=C(c1ccnc2[nH]ccc12)N1CCC(F)(F)C(Oc2ccc3ccccc3n2)C1. The lowest BCUT2D eigenvalue weighted by Gasteiger charge is -2.38. The number of carbonyl (C=O) groups excluding carboxylic acids is 1. The molecule has 1 aliphatic heterocycles. The number of alkyl halides is 2. The van der Waals surface area contributed by atoms with Crippen LogP contribution >= 0.6 is 0 Å². The number of ether oxygens (including phenoxy) is 1. The molecule has 0 saturated carbocycles. The molecule has 0 aliphatic carbocycles. The van der Waals surface area contributed by atoms with Gasteiger partial charge in [-0.1, -0.05) is 18.2 Å². The Labute approximate surface area is 170 Å². The number of rotatable bonds is 3. The minimum absolute atomic E-state index is 0.0505. The van der Waals surface area contributed by atoms with Crippen molar-refractivity contribution < 1.29 is 18.3 Å². The second kappa shape index (κ2) is 7.05. The number of fused-ring (bicyclic) bond motifs is 2. The molecule has 152 valence electrons. The average Bonchev–Trinajstić information content (AvgIpc) is 3.23. The number of pyridine rings is 2. The van der Waals surface area contributed by atoms with Gasteiger partial charge in [-0.2, -0.15) is 0 Å². The maximum absolute atomic E-state index is 14.6. The number of nitrogens with zero attached hydrogens (tertiary/aromatic N) is 3. The summed E-state index contributed by atoms with van der Waals surface area (Å²) in [6, 6.07) is 14.1. The van der Waals surface area contributed by atoms with E-state index in [-0.39, 0.29) is 24.9 Å². The fourth-order valence-electron chi connectivity index (χ4n) is 3.75. The Morgan fingerprint density at radius 2 is 2.03 bits per heavy atom. The molecule has 1 N–H and O–H groups in total. The summed E-state index contributed by atoms with van der Waals surface area (Å²) in [6.45, 7) is -0.278. The summed E-state index contributed by atoms with van der Waals surface area (Å²) >= 11 is 0.